The van der Waals surface area contributed by atoms with Crippen LogP contribution < -0.4 is 0 Å². The number of esters is 1. The zero-order valence-electron chi connectivity index (χ0n) is 10.0. The van der Waals surface area contributed by atoms with Gasteiger partial charge in [0.2, 0.25) is 0 Å². The molecule has 94 valence electrons. The molecule has 1 N–H and O–H groups in total. The number of carbonyl (C=O) groups excluding carboxylic acids is 1. The van der Waals surface area contributed by atoms with Crippen LogP contribution in [-0.4, -0.2) is 44.3 Å². The first kappa shape index (κ1) is 15.1. The Labute approximate surface area is 96.0 Å². The highest BCUT2D eigenvalue weighted by Crippen LogP contribution is 2.06. The fourth-order valence-electron chi connectivity index (χ4n) is 1.12. The van der Waals surface area contributed by atoms with Gasteiger partial charge in [0.15, 0.2) is 0 Å². The van der Waals surface area contributed by atoms with Gasteiger partial charge in [-0.1, -0.05) is 6.08 Å². The van der Waals surface area contributed by atoms with Gasteiger partial charge < -0.3 is 19.3 Å². The Kier molecular flexibility index (Phi) is 8.80. The van der Waals surface area contributed by atoms with E-state index >= 15 is 0 Å². The van der Waals surface area contributed by atoms with Crippen molar-refractivity contribution in [2.45, 2.75) is 32.0 Å². The highest BCUT2D eigenvalue weighted by atomic mass is 16.7. The largest absolute Gasteiger partial charge is 0.466 e. The summed E-state index contributed by atoms with van der Waals surface area (Å²) < 4.78 is 14.4. The van der Waals surface area contributed by atoms with E-state index in [1.165, 1.54) is 13.2 Å². The van der Waals surface area contributed by atoms with Gasteiger partial charge in [-0.15, -0.1) is 0 Å². The van der Waals surface area contributed by atoms with E-state index in [1.54, 1.807) is 13.2 Å². The first-order valence-electron chi connectivity index (χ1n) is 5.13. The summed E-state index contributed by atoms with van der Waals surface area (Å²) in [6.07, 6.45) is 3.16. The summed E-state index contributed by atoms with van der Waals surface area (Å²) in [5.74, 6) is -0.420. The molecule has 0 aliphatic heterocycles. The van der Waals surface area contributed by atoms with E-state index in [0.717, 1.165) is 0 Å². The molecule has 0 aliphatic rings. The Morgan fingerprint density at radius 3 is 2.69 bits per heavy atom. The van der Waals surface area contributed by atoms with Crippen LogP contribution in [0.5, 0.6) is 0 Å². The van der Waals surface area contributed by atoms with Crippen LogP contribution in [0.15, 0.2) is 12.2 Å². The lowest BCUT2D eigenvalue weighted by atomic mass is 10.1. The van der Waals surface area contributed by atoms with Gasteiger partial charge in [0.05, 0.1) is 19.3 Å². The van der Waals surface area contributed by atoms with E-state index < -0.39 is 12.1 Å². The number of aliphatic hydroxyl groups excluding tert-OH is 1. The molecule has 0 unspecified atom stereocenters. The smallest absolute Gasteiger partial charge is 0.330 e. The molecule has 0 rings (SSSR count). The summed E-state index contributed by atoms with van der Waals surface area (Å²) in [7, 11) is 2.85. The standard InChI is InChI=1S/C11H20O5/c1-9(16-8-14-2)7-10(12)5-4-6-11(13)15-3/h4,6,9-10,12H,5,7-8H2,1-3H3/b6-4+/t9-,10-/m1/s1. The maximum absolute atomic E-state index is 10.7. The third kappa shape index (κ3) is 8.40. The summed E-state index contributed by atoms with van der Waals surface area (Å²) in [6, 6.07) is 0. The molecule has 0 spiro atoms. The van der Waals surface area contributed by atoms with Crippen LogP contribution in [0, 0.1) is 0 Å². The summed E-state index contributed by atoms with van der Waals surface area (Å²) in [4.78, 5) is 10.7. The number of methoxy groups -OCH3 is 2. The van der Waals surface area contributed by atoms with Gasteiger partial charge in [-0.25, -0.2) is 4.79 Å². The fourth-order valence-corrected chi connectivity index (χ4v) is 1.12. The highest BCUT2D eigenvalue weighted by molar-refractivity contribution is 5.81. The van der Waals surface area contributed by atoms with Crippen LogP contribution in [0.3, 0.4) is 0 Å². The van der Waals surface area contributed by atoms with Crippen molar-refractivity contribution in [1.82, 2.24) is 0 Å². The van der Waals surface area contributed by atoms with Crippen LogP contribution >= 0.6 is 0 Å². The van der Waals surface area contributed by atoms with Crippen LogP contribution in [0.25, 0.3) is 0 Å². The third-order valence-electron chi connectivity index (χ3n) is 1.94. The Balaban J connectivity index is 3.68. The zero-order chi connectivity index (χ0) is 12.4. The molecule has 0 saturated heterocycles. The summed E-state index contributed by atoms with van der Waals surface area (Å²) in [5.41, 5.74) is 0. The van der Waals surface area contributed by atoms with Gasteiger partial charge in [0.25, 0.3) is 0 Å². The van der Waals surface area contributed by atoms with E-state index in [9.17, 15) is 9.90 Å². The summed E-state index contributed by atoms with van der Waals surface area (Å²) in [5, 5.41) is 9.58. The topological polar surface area (TPSA) is 65.0 Å². The molecule has 0 fully saturated rings. The number of hydrogen-bond donors (Lipinski definition) is 1. The van der Waals surface area contributed by atoms with Crippen molar-refractivity contribution in [3.63, 3.8) is 0 Å². The van der Waals surface area contributed by atoms with E-state index in [4.69, 9.17) is 9.47 Å². The Morgan fingerprint density at radius 1 is 1.44 bits per heavy atom. The number of ether oxygens (including phenoxy) is 3. The van der Waals surface area contributed by atoms with Crippen LogP contribution in [0.4, 0.5) is 0 Å². The number of aliphatic hydroxyl groups is 1. The second kappa shape index (κ2) is 9.33. The molecule has 2 atom stereocenters. The van der Waals surface area contributed by atoms with Crippen molar-refractivity contribution in [3.8, 4) is 0 Å². The van der Waals surface area contributed by atoms with E-state index in [0.29, 0.717) is 12.8 Å². The molecule has 0 radical (unpaired) electrons. The Bertz CT molecular complexity index is 214. The molecule has 0 heterocycles. The molecule has 5 heteroatoms. The predicted octanol–water partition coefficient (Wildman–Crippen LogP) is 0.866. The highest BCUT2D eigenvalue weighted by Gasteiger charge is 2.09. The van der Waals surface area contributed by atoms with Crippen molar-refractivity contribution in [1.29, 1.82) is 0 Å². The van der Waals surface area contributed by atoms with E-state index in [-0.39, 0.29) is 12.9 Å². The molecule has 16 heavy (non-hydrogen) atoms. The van der Waals surface area contributed by atoms with Gasteiger partial charge in [-0.05, 0) is 19.8 Å². The van der Waals surface area contributed by atoms with Crippen molar-refractivity contribution < 1.29 is 24.1 Å². The van der Waals surface area contributed by atoms with Gasteiger partial charge in [0, 0.05) is 13.2 Å². The number of rotatable bonds is 8. The normalized spacial score (nSPS) is 15.0. The lowest BCUT2D eigenvalue weighted by Crippen LogP contribution is -2.18. The van der Waals surface area contributed by atoms with E-state index in [1.807, 2.05) is 6.92 Å². The Morgan fingerprint density at radius 2 is 2.12 bits per heavy atom. The summed E-state index contributed by atoms with van der Waals surface area (Å²) >= 11 is 0. The van der Waals surface area contributed by atoms with Crippen LogP contribution in [0.1, 0.15) is 19.8 Å². The maximum Gasteiger partial charge on any atom is 0.330 e. The molecule has 0 bridgehead atoms. The maximum atomic E-state index is 10.7. The van der Waals surface area contributed by atoms with Gasteiger partial charge >= 0.3 is 5.97 Å². The fraction of sp³-hybridized carbons (Fsp3) is 0.727. The monoisotopic (exact) mass is 232 g/mol. The van der Waals surface area contributed by atoms with Gasteiger partial charge in [-0.3, -0.25) is 0 Å². The zero-order valence-corrected chi connectivity index (χ0v) is 10.0. The van der Waals surface area contributed by atoms with Crippen LogP contribution in [-0.2, 0) is 19.0 Å². The lowest BCUT2D eigenvalue weighted by Gasteiger charge is -2.15. The SMILES string of the molecule is COCO[C@H](C)C[C@H](O)C/C=C/C(=O)OC. The van der Waals surface area contributed by atoms with Gasteiger partial charge in [0.1, 0.15) is 6.79 Å². The van der Waals surface area contributed by atoms with Crippen molar-refractivity contribution >= 4 is 5.97 Å². The first-order valence-corrected chi connectivity index (χ1v) is 5.13. The summed E-state index contributed by atoms with van der Waals surface area (Å²) in [6.45, 7) is 2.07. The average Bonchev–Trinajstić information content (AvgIpc) is 2.25. The molecular formula is C11H20O5. The molecule has 0 amide bonds. The number of hydrogen-bond acceptors (Lipinski definition) is 5. The van der Waals surface area contributed by atoms with Crippen molar-refractivity contribution in [2.75, 3.05) is 21.0 Å². The van der Waals surface area contributed by atoms with E-state index in [2.05, 4.69) is 4.74 Å². The average molecular weight is 232 g/mol. The molecule has 5 nitrogen and oxygen atoms in total. The first-order chi connectivity index (χ1) is 7.60. The Hall–Kier alpha value is -0.910. The van der Waals surface area contributed by atoms with Crippen molar-refractivity contribution in [3.05, 3.63) is 12.2 Å². The van der Waals surface area contributed by atoms with Crippen LogP contribution in [0.2, 0.25) is 0 Å². The molecule has 0 aromatic heterocycles. The molecule has 0 aliphatic carbocycles. The third-order valence-corrected chi connectivity index (χ3v) is 1.94. The minimum atomic E-state index is -0.534. The molecular weight excluding hydrogens is 212 g/mol. The molecule has 0 aromatic carbocycles. The van der Waals surface area contributed by atoms with Crippen molar-refractivity contribution in [2.24, 2.45) is 0 Å². The second-order valence-electron chi connectivity index (χ2n) is 3.43. The van der Waals surface area contributed by atoms with Gasteiger partial charge in [-0.2, -0.15) is 0 Å². The number of carbonyl (C=O) groups is 1. The minimum absolute atomic E-state index is 0.0820. The molecule has 0 saturated carbocycles. The lowest BCUT2D eigenvalue weighted by molar-refractivity contribution is -0.134. The minimum Gasteiger partial charge on any atom is -0.466 e. The quantitative estimate of drug-likeness (QED) is 0.382. The second-order valence-corrected chi connectivity index (χ2v) is 3.43. The predicted molar refractivity (Wildman–Crippen MR) is 58.8 cm³/mol. The molecule has 0 aromatic rings.